The predicted molar refractivity (Wildman–Crippen MR) is 96.2 cm³/mol. The zero-order valence-electron chi connectivity index (χ0n) is 14.5. The summed E-state index contributed by atoms with van der Waals surface area (Å²) in [5, 5.41) is 11.0. The summed E-state index contributed by atoms with van der Waals surface area (Å²) in [6, 6.07) is 4.04. The van der Waals surface area contributed by atoms with Crippen molar-refractivity contribution in [3.63, 3.8) is 0 Å². The fourth-order valence-electron chi connectivity index (χ4n) is 2.84. The Kier molecular flexibility index (Phi) is 5.70. The van der Waals surface area contributed by atoms with Crippen LogP contribution in [-0.4, -0.2) is 52.0 Å². The number of hydrogen-bond donors (Lipinski definition) is 0. The molecule has 1 amide bonds. The normalized spacial score (nSPS) is 16.7. The average molecular weight is 393 g/mol. The third-order valence-electron chi connectivity index (χ3n) is 4.14. The van der Waals surface area contributed by atoms with Crippen LogP contribution < -0.4 is 9.47 Å². The van der Waals surface area contributed by atoms with Gasteiger partial charge in [-0.2, -0.15) is 4.98 Å². The Morgan fingerprint density at radius 1 is 1.37 bits per heavy atom. The van der Waals surface area contributed by atoms with Gasteiger partial charge in [-0.1, -0.05) is 11.6 Å². The van der Waals surface area contributed by atoms with Crippen molar-refractivity contribution in [2.45, 2.75) is 18.9 Å². The number of nitrogens with zero attached hydrogens (tertiary/aromatic N) is 4. The first-order valence-electron chi connectivity index (χ1n) is 8.24. The lowest BCUT2D eigenvalue weighted by Gasteiger charge is -2.32. The first-order valence-corrected chi connectivity index (χ1v) is 8.61. The van der Waals surface area contributed by atoms with Crippen molar-refractivity contribution >= 4 is 23.2 Å². The molecule has 2 aromatic rings. The molecule has 2 heterocycles. The summed E-state index contributed by atoms with van der Waals surface area (Å²) in [6.07, 6.45) is 4.18. The largest absolute Gasteiger partial charge is 0.480 e. The monoisotopic (exact) mass is 392 g/mol. The second kappa shape index (κ2) is 8.17. The summed E-state index contributed by atoms with van der Waals surface area (Å²) in [5.74, 6) is 0.347. The maximum atomic E-state index is 12.7. The first kappa shape index (κ1) is 18.8. The quantitative estimate of drug-likeness (QED) is 0.568. The van der Waals surface area contributed by atoms with E-state index < -0.39 is 4.92 Å². The molecule has 1 fully saturated rings. The van der Waals surface area contributed by atoms with Crippen LogP contribution in [0.1, 0.15) is 23.2 Å². The van der Waals surface area contributed by atoms with Gasteiger partial charge in [0.25, 0.3) is 11.6 Å². The Balaban J connectivity index is 1.71. The standard InChI is InChI=1S/C17H17ClN4O5/c1-26-15-8-19-9-16(20-15)27-12-3-2-6-21(10-12)17(23)11-4-5-13(18)14(7-11)22(24)25/h4-5,7-9,12H,2-3,6,10H2,1H3. The fourth-order valence-corrected chi connectivity index (χ4v) is 3.03. The summed E-state index contributed by atoms with van der Waals surface area (Å²) in [5.41, 5.74) is -0.0769. The molecule has 0 radical (unpaired) electrons. The number of nitro groups is 1. The van der Waals surface area contributed by atoms with E-state index in [1.54, 1.807) is 4.90 Å². The summed E-state index contributed by atoms with van der Waals surface area (Å²) in [7, 11) is 1.49. The molecule has 3 rings (SSSR count). The Morgan fingerprint density at radius 2 is 2.15 bits per heavy atom. The van der Waals surface area contributed by atoms with E-state index in [9.17, 15) is 14.9 Å². The minimum atomic E-state index is -0.608. The number of hydrogen-bond acceptors (Lipinski definition) is 7. The predicted octanol–water partition coefficient (Wildman–Crippen LogP) is 2.73. The van der Waals surface area contributed by atoms with Crippen LogP contribution >= 0.6 is 11.6 Å². The maximum absolute atomic E-state index is 12.7. The van der Waals surface area contributed by atoms with E-state index >= 15 is 0 Å². The third kappa shape index (κ3) is 4.43. The van der Waals surface area contributed by atoms with Crippen LogP contribution in [0.3, 0.4) is 0 Å². The van der Waals surface area contributed by atoms with Crippen LogP contribution in [0, 0.1) is 10.1 Å². The van der Waals surface area contributed by atoms with Crippen LogP contribution in [-0.2, 0) is 0 Å². The Morgan fingerprint density at radius 3 is 2.89 bits per heavy atom. The van der Waals surface area contributed by atoms with E-state index in [0.29, 0.717) is 24.8 Å². The van der Waals surface area contributed by atoms with Crippen LogP contribution in [0.15, 0.2) is 30.6 Å². The average Bonchev–Trinajstić information content (AvgIpc) is 2.68. The molecule has 0 bridgehead atoms. The number of benzene rings is 1. The number of likely N-dealkylation sites (tertiary alicyclic amines) is 1. The van der Waals surface area contributed by atoms with Crippen molar-refractivity contribution in [1.29, 1.82) is 0 Å². The number of piperidine rings is 1. The van der Waals surface area contributed by atoms with E-state index in [2.05, 4.69) is 9.97 Å². The van der Waals surface area contributed by atoms with Gasteiger partial charge in [0, 0.05) is 18.2 Å². The molecular formula is C17H17ClN4O5. The van der Waals surface area contributed by atoms with E-state index in [1.807, 2.05) is 0 Å². The lowest BCUT2D eigenvalue weighted by molar-refractivity contribution is -0.384. The topological polar surface area (TPSA) is 108 Å². The molecule has 1 aromatic heterocycles. The van der Waals surface area contributed by atoms with Gasteiger partial charge in [0.1, 0.15) is 11.1 Å². The molecule has 1 aliphatic heterocycles. The van der Waals surface area contributed by atoms with Gasteiger partial charge in [-0.15, -0.1) is 0 Å². The Labute approximate surface area is 160 Å². The molecule has 142 valence electrons. The summed E-state index contributed by atoms with van der Waals surface area (Å²) >= 11 is 5.81. The number of rotatable bonds is 5. The molecule has 1 atom stereocenters. The van der Waals surface area contributed by atoms with Crippen molar-refractivity contribution in [2.75, 3.05) is 20.2 Å². The maximum Gasteiger partial charge on any atom is 0.288 e. The van der Waals surface area contributed by atoms with Crippen molar-refractivity contribution in [1.82, 2.24) is 14.9 Å². The van der Waals surface area contributed by atoms with Gasteiger partial charge in [-0.25, -0.2) is 0 Å². The zero-order chi connectivity index (χ0) is 19.4. The number of halogens is 1. The van der Waals surface area contributed by atoms with Gasteiger partial charge in [-0.3, -0.25) is 19.9 Å². The van der Waals surface area contributed by atoms with E-state index in [4.69, 9.17) is 21.1 Å². The Hall–Kier alpha value is -2.94. The molecule has 1 aromatic carbocycles. The first-order chi connectivity index (χ1) is 13.0. The van der Waals surface area contributed by atoms with Crippen LogP contribution in [0.5, 0.6) is 11.8 Å². The minimum Gasteiger partial charge on any atom is -0.480 e. The van der Waals surface area contributed by atoms with Crippen molar-refractivity contribution in [2.24, 2.45) is 0 Å². The number of nitro benzene ring substituents is 1. The molecule has 0 spiro atoms. The SMILES string of the molecule is COc1cncc(OC2CCCN(C(=O)c3ccc(Cl)c([N+](=O)[O-])c3)C2)n1. The minimum absolute atomic E-state index is 0.00648. The number of carbonyl (C=O) groups excluding carboxylic acids is 1. The van der Waals surface area contributed by atoms with Gasteiger partial charge >= 0.3 is 0 Å². The molecular weight excluding hydrogens is 376 g/mol. The highest BCUT2D eigenvalue weighted by Crippen LogP contribution is 2.26. The van der Waals surface area contributed by atoms with Crippen molar-refractivity contribution in [3.8, 4) is 11.8 Å². The highest BCUT2D eigenvalue weighted by Gasteiger charge is 2.27. The lowest BCUT2D eigenvalue weighted by atomic mass is 10.1. The van der Waals surface area contributed by atoms with E-state index in [0.717, 1.165) is 12.8 Å². The van der Waals surface area contributed by atoms with E-state index in [-0.39, 0.29) is 28.3 Å². The molecule has 0 saturated carbocycles. The molecule has 1 aliphatic rings. The molecule has 9 nitrogen and oxygen atoms in total. The fraction of sp³-hybridized carbons (Fsp3) is 0.353. The summed E-state index contributed by atoms with van der Waals surface area (Å²) in [6.45, 7) is 0.882. The number of carbonyl (C=O) groups is 1. The second-order valence-electron chi connectivity index (χ2n) is 5.96. The van der Waals surface area contributed by atoms with Gasteiger partial charge in [0.05, 0.1) is 31.0 Å². The number of methoxy groups -OCH3 is 1. The summed E-state index contributed by atoms with van der Waals surface area (Å²) < 4.78 is 10.8. The van der Waals surface area contributed by atoms with Gasteiger partial charge in [0.15, 0.2) is 0 Å². The smallest absolute Gasteiger partial charge is 0.288 e. The summed E-state index contributed by atoms with van der Waals surface area (Å²) in [4.78, 5) is 32.9. The van der Waals surface area contributed by atoms with E-state index in [1.165, 1.54) is 37.7 Å². The zero-order valence-corrected chi connectivity index (χ0v) is 15.3. The number of amides is 1. The van der Waals surface area contributed by atoms with Crippen molar-refractivity contribution < 1.29 is 19.2 Å². The number of aromatic nitrogens is 2. The molecule has 10 heteroatoms. The Bertz CT molecular complexity index is 863. The van der Waals surface area contributed by atoms with Gasteiger partial charge in [0.2, 0.25) is 11.8 Å². The molecule has 27 heavy (non-hydrogen) atoms. The lowest BCUT2D eigenvalue weighted by Crippen LogP contribution is -2.44. The van der Waals surface area contributed by atoms with Crippen LogP contribution in [0.2, 0.25) is 5.02 Å². The third-order valence-corrected chi connectivity index (χ3v) is 4.46. The highest BCUT2D eigenvalue weighted by molar-refractivity contribution is 6.32. The molecule has 0 aliphatic carbocycles. The van der Waals surface area contributed by atoms with Crippen molar-refractivity contribution in [3.05, 3.63) is 51.3 Å². The molecule has 0 N–H and O–H groups in total. The van der Waals surface area contributed by atoms with Crippen LogP contribution in [0.25, 0.3) is 0 Å². The van der Waals surface area contributed by atoms with Gasteiger partial charge in [-0.05, 0) is 25.0 Å². The highest BCUT2D eigenvalue weighted by atomic mass is 35.5. The van der Waals surface area contributed by atoms with Gasteiger partial charge < -0.3 is 14.4 Å². The second-order valence-corrected chi connectivity index (χ2v) is 6.36. The number of ether oxygens (including phenoxy) is 2. The molecule has 1 unspecified atom stereocenters. The van der Waals surface area contributed by atoms with Crippen LogP contribution in [0.4, 0.5) is 5.69 Å². The molecule has 1 saturated heterocycles.